The normalized spacial score (nSPS) is 15.2. The van der Waals surface area contributed by atoms with Gasteiger partial charge in [0.2, 0.25) is 5.91 Å². The highest BCUT2D eigenvalue weighted by Gasteiger charge is 2.36. The van der Waals surface area contributed by atoms with Crippen LogP contribution in [0.4, 0.5) is 18.9 Å². The number of rotatable bonds is 8. The molecule has 0 saturated heterocycles. The molecule has 1 aliphatic heterocycles. The first-order valence-corrected chi connectivity index (χ1v) is 11.7. The van der Waals surface area contributed by atoms with Gasteiger partial charge in [-0.1, -0.05) is 12.1 Å². The molecule has 1 atom stereocenters. The molecule has 0 fully saturated rings. The number of carbonyl (C=O) groups is 2. The summed E-state index contributed by atoms with van der Waals surface area (Å²) in [4.78, 5) is 27.6. The number of carbonyl (C=O) groups excluding carboxylic acids is 2. The van der Waals surface area contributed by atoms with Crippen molar-refractivity contribution in [2.24, 2.45) is 5.73 Å². The van der Waals surface area contributed by atoms with Gasteiger partial charge in [-0.2, -0.15) is 23.5 Å². The van der Waals surface area contributed by atoms with Gasteiger partial charge in [0.15, 0.2) is 0 Å². The molecule has 198 valence electrons. The second-order valence-corrected chi connectivity index (χ2v) is 8.86. The summed E-state index contributed by atoms with van der Waals surface area (Å²) in [6, 6.07) is 11.7. The Morgan fingerprint density at radius 3 is 2.58 bits per heavy atom. The number of primary amides is 1. The third-order valence-electron chi connectivity index (χ3n) is 6.30. The number of amides is 2. The lowest BCUT2D eigenvalue weighted by Gasteiger charge is -2.34. The van der Waals surface area contributed by atoms with Crippen LogP contribution in [-0.2, 0) is 13.0 Å². The summed E-state index contributed by atoms with van der Waals surface area (Å²) in [5.74, 6) is -0.938. The molecule has 0 spiro atoms. The number of hydrogen-bond donors (Lipinski definition) is 2. The lowest BCUT2D eigenvalue weighted by molar-refractivity contribution is -0.124. The van der Waals surface area contributed by atoms with Crippen molar-refractivity contribution < 1.29 is 27.5 Å². The van der Waals surface area contributed by atoms with Crippen molar-refractivity contribution in [3.8, 4) is 22.9 Å². The predicted octanol–water partition coefficient (Wildman–Crippen LogP) is 3.27. The topological polar surface area (TPSA) is 126 Å². The van der Waals surface area contributed by atoms with E-state index in [1.54, 1.807) is 29.2 Å². The summed E-state index contributed by atoms with van der Waals surface area (Å²) in [7, 11) is 1.39. The Balaban J connectivity index is 1.67. The molecule has 2 aromatic carbocycles. The number of fused-ring (bicyclic) bond motifs is 1. The minimum absolute atomic E-state index is 0.0552. The molecule has 2 heterocycles. The largest absolute Gasteiger partial charge is 0.495 e. The van der Waals surface area contributed by atoms with Gasteiger partial charge in [-0.15, -0.1) is 0 Å². The van der Waals surface area contributed by atoms with Crippen molar-refractivity contribution in [3.63, 3.8) is 0 Å². The summed E-state index contributed by atoms with van der Waals surface area (Å²) in [6.45, 7) is 1.31. The smallest absolute Gasteiger partial charge is 0.401 e. The Morgan fingerprint density at radius 1 is 1.26 bits per heavy atom. The quantitative estimate of drug-likeness (QED) is 0.434. The summed E-state index contributed by atoms with van der Waals surface area (Å²) >= 11 is 0. The van der Waals surface area contributed by atoms with E-state index < -0.39 is 24.5 Å². The highest BCUT2D eigenvalue weighted by atomic mass is 19.4. The van der Waals surface area contributed by atoms with Crippen molar-refractivity contribution in [1.29, 1.82) is 5.26 Å². The maximum atomic E-state index is 13.8. The molecule has 0 aliphatic carbocycles. The number of nitrogens with two attached hydrogens (primary N) is 1. The van der Waals surface area contributed by atoms with Gasteiger partial charge in [-0.3, -0.25) is 14.3 Å². The van der Waals surface area contributed by atoms with Gasteiger partial charge in [0, 0.05) is 22.4 Å². The Kier molecular flexibility index (Phi) is 7.41. The number of nitrogens with one attached hydrogen (secondary N) is 1. The predicted molar refractivity (Wildman–Crippen MR) is 133 cm³/mol. The Labute approximate surface area is 216 Å². The third kappa shape index (κ3) is 5.19. The summed E-state index contributed by atoms with van der Waals surface area (Å²) < 4.78 is 43.8. The van der Waals surface area contributed by atoms with Gasteiger partial charge in [0.1, 0.15) is 23.1 Å². The third-order valence-corrected chi connectivity index (χ3v) is 6.30. The molecule has 1 aliphatic rings. The number of anilines is 1. The fourth-order valence-electron chi connectivity index (χ4n) is 4.59. The number of halogens is 3. The molecule has 12 heteroatoms. The average Bonchev–Trinajstić information content (AvgIpc) is 3.29. The monoisotopic (exact) mass is 526 g/mol. The first-order chi connectivity index (χ1) is 18.1. The Bertz CT molecular complexity index is 1410. The Hall–Kier alpha value is -4.37. The molecule has 1 aromatic heterocycles. The Morgan fingerprint density at radius 2 is 1.97 bits per heavy atom. The van der Waals surface area contributed by atoms with E-state index in [4.69, 9.17) is 10.5 Å². The molecule has 0 saturated carbocycles. The van der Waals surface area contributed by atoms with Crippen molar-refractivity contribution >= 4 is 17.5 Å². The lowest BCUT2D eigenvalue weighted by atomic mass is 9.93. The van der Waals surface area contributed by atoms with Crippen LogP contribution in [0.25, 0.3) is 11.1 Å². The molecule has 3 N–H and O–H groups in total. The highest BCUT2D eigenvalue weighted by Crippen LogP contribution is 2.38. The maximum absolute atomic E-state index is 13.8. The highest BCUT2D eigenvalue weighted by molar-refractivity contribution is 6.12. The number of nitrogens with zero attached hydrogens (tertiary/aromatic N) is 4. The van der Waals surface area contributed by atoms with E-state index in [0.29, 0.717) is 18.7 Å². The number of ether oxygens (including phenoxy) is 1. The van der Waals surface area contributed by atoms with Crippen LogP contribution in [0.5, 0.6) is 5.75 Å². The zero-order valence-corrected chi connectivity index (χ0v) is 20.7. The van der Waals surface area contributed by atoms with Gasteiger partial charge in [0.25, 0.3) is 5.91 Å². The molecule has 0 radical (unpaired) electrons. The van der Waals surface area contributed by atoms with Crippen molar-refractivity contribution in [2.45, 2.75) is 32.1 Å². The van der Waals surface area contributed by atoms with E-state index in [2.05, 4.69) is 10.4 Å². The molecule has 38 heavy (non-hydrogen) atoms. The van der Waals surface area contributed by atoms with Crippen molar-refractivity contribution in [2.75, 3.05) is 25.1 Å². The molecule has 9 nitrogen and oxygen atoms in total. The summed E-state index contributed by atoms with van der Waals surface area (Å²) in [6.07, 6.45) is -2.45. The van der Waals surface area contributed by atoms with Crippen LogP contribution < -0.4 is 20.7 Å². The van der Waals surface area contributed by atoms with Gasteiger partial charge in [-0.25, -0.2) is 0 Å². The number of nitriles is 1. The molecule has 4 rings (SSSR count). The van der Waals surface area contributed by atoms with Gasteiger partial charge >= 0.3 is 6.18 Å². The first-order valence-electron chi connectivity index (χ1n) is 11.7. The number of benzene rings is 2. The fourth-order valence-corrected chi connectivity index (χ4v) is 4.59. The van der Waals surface area contributed by atoms with E-state index in [0.717, 1.165) is 5.56 Å². The van der Waals surface area contributed by atoms with Crippen LogP contribution in [-0.4, -0.2) is 54.0 Å². The summed E-state index contributed by atoms with van der Waals surface area (Å²) in [5.41, 5.74) is 7.75. The van der Waals surface area contributed by atoms with E-state index in [1.807, 2.05) is 13.0 Å². The number of methoxy groups -OCH3 is 1. The molecular weight excluding hydrogens is 501 g/mol. The average molecular weight is 527 g/mol. The number of alkyl halides is 3. The van der Waals surface area contributed by atoms with E-state index in [1.165, 1.54) is 30.1 Å². The van der Waals surface area contributed by atoms with Crippen molar-refractivity contribution in [1.82, 2.24) is 15.1 Å². The SMILES string of the molecule is COc1ccc(C(N)=O)c(-c2cnn3c2C(=O)N(c2ccc(CCNCC(F)(F)F)cc2)[C@@H](C)C3)c1C#N. The molecule has 0 unspecified atom stereocenters. The van der Waals surface area contributed by atoms with Crippen LogP contribution in [0.2, 0.25) is 0 Å². The van der Waals surface area contributed by atoms with Gasteiger partial charge in [-0.05, 0) is 49.7 Å². The second kappa shape index (κ2) is 10.5. The minimum Gasteiger partial charge on any atom is -0.495 e. The molecular formula is C26H25F3N6O3. The standard InChI is InChI=1S/C26H25F3N6O3/c1-15-13-34-23(20(12-33-34)22-18(24(31)36)7-8-21(38-2)19(22)11-30)25(37)35(15)17-5-3-16(4-6-17)9-10-32-14-26(27,28)29/h3-8,12,15,32H,9-10,13-14H2,1-2H3,(H2,31,36)/t15-/m0/s1. The summed E-state index contributed by atoms with van der Waals surface area (Å²) in [5, 5.41) is 16.6. The van der Waals surface area contributed by atoms with Crippen molar-refractivity contribution in [3.05, 3.63) is 65.0 Å². The zero-order valence-electron chi connectivity index (χ0n) is 20.7. The van der Waals surface area contributed by atoms with Crippen LogP contribution in [0.1, 0.15) is 38.9 Å². The lowest BCUT2D eigenvalue weighted by Crippen LogP contribution is -2.47. The van der Waals surface area contributed by atoms with Crippen LogP contribution in [0.15, 0.2) is 42.6 Å². The number of hydrogen-bond acceptors (Lipinski definition) is 6. The van der Waals surface area contributed by atoms with Crippen LogP contribution >= 0.6 is 0 Å². The number of aromatic nitrogens is 2. The van der Waals surface area contributed by atoms with Gasteiger partial charge in [0.05, 0.1) is 32.4 Å². The molecule has 2 amide bonds. The van der Waals surface area contributed by atoms with Gasteiger partial charge < -0.3 is 20.7 Å². The fraction of sp³-hybridized carbons (Fsp3) is 0.308. The van der Waals surface area contributed by atoms with Crippen LogP contribution in [0, 0.1) is 11.3 Å². The maximum Gasteiger partial charge on any atom is 0.401 e. The minimum atomic E-state index is -4.27. The molecule has 3 aromatic rings. The second-order valence-electron chi connectivity index (χ2n) is 8.86. The van der Waals surface area contributed by atoms with Crippen LogP contribution in [0.3, 0.4) is 0 Å². The van der Waals surface area contributed by atoms with E-state index in [9.17, 15) is 28.0 Å². The zero-order chi connectivity index (χ0) is 27.6. The van der Waals surface area contributed by atoms with E-state index >= 15 is 0 Å². The molecule has 0 bridgehead atoms. The van der Waals surface area contributed by atoms with E-state index in [-0.39, 0.29) is 46.3 Å². The first kappa shape index (κ1) is 26.7.